The minimum Gasteiger partial charge on any atom is -0.328 e. The highest BCUT2D eigenvalue weighted by molar-refractivity contribution is 7.89. The summed E-state index contributed by atoms with van der Waals surface area (Å²) in [5.41, 5.74) is 2.29. The lowest BCUT2D eigenvalue weighted by molar-refractivity contribution is 0.450. The Morgan fingerprint density at radius 1 is 1.14 bits per heavy atom. The number of rotatable bonds is 6. The van der Waals surface area contributed by atoms with Crippen LogP contribution < -0.4 is 0 Å². The fraction of sp³-hybridized carbons (Fsp3) is 0.318. The molecule has 2 aromatic carbocycles. The third-order valence-corrected chi connectivity index (χ3v) is 7.34. The van der Waals surface area contributed by atoms with Gasteiger partial charge in [-0.25, -0.2) is 17.8 Å². The van der Waals surface area contributed by atoms with Gasteiger partial charge in [0, 0.05) is 37.9 Å². The smallest absolute Gasteiger partial charge is 0.243 e. The van der Waals surface area contributed by atoms with Crippen molar-refractivity contribution in [1.82, 2.24) is 13.9 Å². The molecule has 3 aromatic rings. The van der Waals surface area contributed by atoms with Gasteiger partial charge in [0.15, 0.2) is 0 Å². The fourth-order valence-corrected chi connectivity index (χ4v) is 5.44. The topological polar surface area (TPSA) is 55.2 Å². The number of hydrogen-bond donors (Lipinski definition) is 0. The molecule has 1 atom stereocenters. The summed E-state index contributed by atoms with van der Waals surface area (Å²) in [5, 5.41) is 0. The number of benzene rings is 2. The lowest BCUT2D eigenvalue weighted by atomic mass is 10.0. The van der Waals surface area contributed by atoms with E-state index in [1.807, 2.05) is 31.3 Å². The summed E-state index contributed by atoms with van der Waals surface area (Å²) in [5.74, 6) is 0.622. The Labute approximate surface area is 170 Å². The number of imidazole rings is 1. The van der Waals surface area contributed by atoms with E-state index in [0.717, 1.165) is 37.0 Å². The van der Waals surface area contributed by atoms with Crippen LogP contribution in [0.4, 0.5) is 4.39 Å². The summed E-state index contributed by atoms with van der Waals surface area (Å²) in [7, 11) is -3.67. The first kappa shape index (κ1) is 19.8. The van der Waals surface area contributed by atoms with E-state index in [2.05, 4.69) is 21.7 Å². The Bertz CT molecular complexity index is 1100. The predicted octanol–water partition coefficient (Wildman–Crippen LogP) is 3.63. The first-order valence-corrected chi connectivity index (χ1v) is 11.2. The second-order valence-corrected chi connectivity index (χ2v) is 9.50. The summed E-state index contributed by atoms with van der Waals surface area (Å²) in [6, 6.07) is 15.4. The van der Waals surface area contributed by atoms with Crippen LogP contribution in [-0.2, 0) is 23.0 Å². The minimum absolute atomic E-state index is 0.0135. The minimum atomic E-state index is -3.67. The van der Waals surface area contributed by atoms with Crippen molar-refractivity contribution < 1.29 is 12.8 Å². The third kappa shape index (κ3) is 4.26. The van der Waals surface area contributed by atoms with Gasteiger partial charge in [-0.3, -0.25) is 0 Å². The zero-order valence-corrected chi connectivity index (χ0v) is 17.1. The number of nitrogens with zero attached hydrogens (tertiary/aromatic N) is 3. The molecular weight excluding hydrogens is 389 g/mol. The lowest BCUT2D eigenvalue weighted by Crippen LogP contribution is -2.29. The van der Waals surface area contributed by atoms with Crippen molar-refractivity contribution in [3.63, 3.8) is 0 Å². The average Bonchev–Trinajstić information content (AvgIpc) is 3.32. The zero-order chi connectivity index (χ0) is 20.4. The zero-order valence-electron chi connectivity index (χ0n) is 16.3. The highest BCUT2D eigenvalue weighted by atomic mass is 32.2. The number of halogens is 1. The monoisotopic (exact) mass is 413 g/mol. The summed E-state index contributed by atoms with van der Waals surface area (Å²) in [6.45, 7) is 3.66. The molecule has 0 bridgehead atoms. The van der Waals surface area contributed by atoms with Crippen LogP contribution in [0.2, 0.25) is 0 Å². The largest absolute Gasteiger partial charge is 0.328 e. The van der Waals surface area contributed by atoms with Gasteiger partial charge in [0.25, 0.3) is 0 Å². The lowest BCUT2D eigenvalue weighted by Gasteiger charge is -2.17. The maximum atomic E-state index is 13.5. The average molecular weight is 414 g/mol. The first-order valence-electron chi connectivity index (χ1n) is 9.74. The van der Waals surface area contributed by atoms with Crippen molar-refractivity contribution in [1.29, 1.82) is 0 Å². The summed E-state index contributed by atoms with van der Waals surface area (Å²) in [4.78, 5) is 4.59. The van der Waals surface area contributed by atoms with E-state index in [1.165, 1.54) is 28.1 Å². The van der Waals surface area contributed by atoms with Crippen molar-refractivity contribution in [2.24, 2.45) is 5.92 Å². The number of hydrogen-bond acceptors (Lipinski definition) is 3. The van der Waals surface area contributed by atoms with Gasteiger partial charge in [0.1, 0.15) is 11.6 Å². The van der Waals surface area contributed by atoms with Gasteiger partial charge in [0.2, 0.25) is 10.0 Å². The summed E-state index contributed by atoms with van der Waals surface area (Å²) in [6.07, 6.45) is 3.36. The summed E-state index contributed by atoms with van der Waals surface area (Å²) >= 11 is 0. The van der Waals surface area contributed by atoms with Crippen molar-refractivity contribution in [2.75, 3.05) is 13.1 Å². The van der Waals surface area contributed by atoms with E-state index in [-0.39, 0.29) is 10.8 Å². The highest BCUT2D eigenvalue weighted by Gasteiger charge is 2.33. The molecule has 0 saturated carbocycles. The van der Waals surface area contributed by atoms with Gasteiger partial charge in [-0.2, -0.15) is 4.31 Å². The van der Waals surface area contributed by atoms with Gasteiger partial charge < -0.3 is 4.57 Å². The van der Waals surface area contributed by atoms with Crippen LogP contribution in [0.15, 0.2) is 65.7 Å². The van der Waals surface area contributed by atoms with Crippen LogP contribution in [0.1, 0.15) is 23.5 Å². The van der Waals surface area contributed by atoms with Crippen molar-refractivity contribution >= 4 is 10.0 Å². The maximum Gasteiger partial charge on any atom is 0.243 e. The Hall–Kier alpha value is -2.51. The van der Waals surface area contributed by atoms with Crippen LogP contribution in [0.3, 0.4) is 0 Å². The van der Waals surface area contributed by atoms with Crippen LogP contribution in [-0.4, -0.2) is 35.4 Å². The molecule has 1 saturated heterocycles. The molecule has 2 heterocycles. The molecule has 4 rings (SSSR count). The van der Waals surface area contributed by atoms with Gasteiger partial charge in [-0.1, -0.05) is 36.4 Å². The second kappa shape index (κ2) is 8.08. The van der Waals surface area contributed by atoms with E-state index in [0.29, 0.717) is 13.1 Å². The second-order valence-electron chi connectivity index (χ2n) is 7.57. The van der Waals surface area contributed by atoms with Crippen molar-refractivity contribution in [3.05, 3.63) is 83.7 Å². The predicted molar refractivity (Wildman–Crippen MR) is 109 cm³/mol. The van der Waals surface area contributed by atoms with Gasteiger partial charge >= 0.3 is 0 Å². The van der Waals surface area contributed by atoms with Crippen molar-refractivity contribution in [3.8, 4) is 0 Å². The standard InChI is InChI=1S/C22H24FN3O2S/c1-17-14-24-22(26(17)16-18-6-3-2-4-7-18)12-19-10-11-25(15-19)29(27,28)21-9-5-8-20(23)13-21/h2-9,13-14,19H,10-12,15-16H2,1H3. The molecule has 152 valence electrons. The normalized spacial score (nSPS) is 17.7. The van der Waals surface area contributed by atoms with Crippen LogP contribution in [0.25, 0.3) is 0 Å². The quantitative estimate of drug-likeness (QED) is 0.620. The molecule has 0 amide bonds. The molecule has 0 radical (unpaired) electrons. The fourth-order valence-electron chi connectivity index (χ4n) is 3.87. The molecule has 7 heteroatoms. The molecule has 1 aliphatic rings. The van der Waals surface area contributed by atoms with Gasteiger partial charge in [0.05, 0.1) is 4.90 Å². The molecule has 5 nitrogen and oxygen atoms in total. The maximum absolute atomic E-state index is 13.5. The van der Waals surface area contributed by atoms with Crippen LogP contribution in [0.5, 0.6) is 0 Å². The summed E-state index contributed by atoms with van der Waals surface area (Å²) < 4.78 is 42.8. The number of sulfonamides is 1. The first-order chi connectivity index (χ1) is 13.9. The van der Waals surface area contributed by atoms with Gasteiger partial charge in [-0.15, -0.1) is 0 Å². The highest BCUT2D eigenvalue weighted by Crippen LogP contribution is 2.27. The Morgan fingerprint density at radius 3 is 2.69 bits per heavy atom. The molecule has 0 aliphatic carbocycles. The van der Waals surface area contributed by atoms with Crippen molar-refractivity contribution in [2.45, 2.75) is 31.2 Å². The Morgan fingerprint density at radius 2 is 1.93 bits per heavy atom. The van der Waals surface area contributed by atoms with E-state index in [1.54, 1.807) is 0 Å². The third-order valence-electron chi connectivity index (χ3n) is 5.47. The molecule has 1 aromatic heterocycles. The van der Waals surface area contributed by atoms with Crippen LogP contribution in [0, 0.1) is 18.7 Å². The molecule has 0 N–H and O–H groups in total. The molecule has 29 heavy (non-hydrogen) atoms. The number of aromatic nitrogens is 2. The molecule has 1 unspecified atom stereocenters. The van der Waals surface area contributed by atoms with Crippen LogP contribution >= 0.6 is 0 Å². The SMILES string of the molecule is Cc1cnc(CC2CCN(S(=O)(=O)c3cccc(F)c3)C2)n1Cc1ccccc1. The Balaban J connectivity index is 1.47. The molecular formula is C22H24FN3O2S. The van der Waals surface area contributed by atoms with E-state index < -0.39 is 15.8 Å². The molecule has 1 aliphatic heterocycles. The van der Waals surface area contributed by atoms with E-state index >= 15 is 0 Å². The Kier molecular flexibility index (Phi) is 5.52. The number of aryl methyl sites for hydroxylation is 1. The van der Waals surface area contributed by atoms with E-state index in [4.69, 9.17) is 0 Å². The van der Waals surface area contributed by atoms with Gasteiger partial charge in [-0.05, 0) is 43.0 Å². The molecule has 1 fully saturated rings. The van der Waals surface area contributed by atoms with E-state index in [9.17, 15) is 12.8 Å². The molecule has 0 spiro atoms.